The van der Waals surface area contributed by atoms with Crippen molar-refractivity contribution < 1.29 is 14.6 Å². The first-order valence-electron chi connectivity index (χ1n) is 6.44. The van der Waals surface area contributed by atoms with Crippen LogP contribution in [-0.4, -0.2) is 29.2 Å². The van der Waals surface area contributed by atoms with Crippen LogP contribution in [0.25, 0.3) is 0 Å². The van der Waals surface area contributed by atoms with Gasteiger partial charge in [-0.1, -0.05) is 18.2 Å². The Kier molecular flexibility index (Phi) is 4.07. The second-order valence-corrected chi connectivity index (χ2v) is 5.17. The van der Waals surface area contributed by atoms with Crippen molar-refractivity contribution in [3.8, 4) is 5.75 Å². The smallest absolute Gasteiger partial charge is 0.240 e. The molecule has 19 heavy (non-hydrogen) atoms. The summed E-state index contributed by atoms with van der Waals surface area (Å²) in [5.74, 6) is 0.149. The van der Waals surface area contributed by atoms with Crippen molar-refractivity contribution in [1.82, 2.24) is 5.32 Å². The average Bonchev–Trinajstić information content (AvgIpc) is 3.20. The number of ether oxygens (including phenoxy) is 1. The Morgan fingerprint density at radius 1 is 1.53 bits per heavy atom. The number of benzene rings is 1. The molecule has 104 valence electrons. The minimum atomic E-state index is -0.885. The van der Waals surface area contributed by atoms with Crippen LogP contribution in [0.1, 0.15) is 25.3 Å². The number of carbonyl (C=O) groups is 1. The molecule has 0 spiro atoms. The molecule has 1 unspecified atom stereocenters. The Bertz CT molecular complexity index is 460. The van der Waals surface area contributed by atoms with E-state index in [9.17, 15) is 9.90 Å². The van der Waals surface area contributed by atoms with Crippen LogP contribution in [0.5, 0.6) is 5.75 Å². The summed E-state index contributed by atoms with van der Waals surface area (Å²) in [7, 11) is 0. The zero-order valence-corrected chi connectivity index (χ0v) is 11.1. The van der Waals surface area contributed by atoms with Gasteiger partial charge in [0, 0.05) is 11.6 Å². The number of para-hydroxylation sites is 1. The molecule has 1 fully saturated rings. The summed E-state index contributed by atoms with van der Waals surface area (Å²) in [5, 5.41) is 12.4. The van der Waals surface area contributed by atoms with Gasteiger partial charge in [-0.15, -0.1) is 0 Å². The van der Waals surface area contributed by atoms with Crippen LogP contribution in [0.4, 0.5) is 0 Å². The van der Waals surface area contributed by atoms with Gasteiger partial charge >= 0.3 is 0 Å². The van der Waals surface area contributed by atoms with Crippen molar-refractivity contribution in [2.75, 3.05) is 6.61 Å². The number of hydrogen-bond donors (Lipinski definition) is 3. The van der Waals surface area contributed by atoms with Gasteiger partial charge < -0.3 is 15.6 Å². The van der Waals surface area contributed by atoms with Gasteiger partial charge in [-0.25, -0.2) is 0 Å². The predicted molar refractivity (Wildman–Crippen MR) is 71.6 cm³/mol. The van der Waals surface area contributed by atoms with Gasteiger partial charge in [-0.2, -0.15) is 0 Å². The van der Waals surface area contributed by atoms with Gasteiger partial charge in [0.1, 0.15) is 17.9 Å². The molecule has 1 atom stereocenters. The first kappa shape index (κ1) is 13.8. The molecule has 1 aliphatic rings. The number of rotatable bonds is 7. The van der Waals surface area contributed by atoms with Crippen molar-refractivity contribution in [3.63, 3.8) is 0 Å². The molecule has 5 nitrogen and oxygen atoms in total. The highest BCUT2D eigenvalue weighted by atomic mass is 16.5. The molecule has 0 aromatic heterocycles. The van der Waals surface area contributed by atoms with Crippen LogP contribution < -0.4 is 15.8 Å². The van der Waals surface area contributed by atoms with Gasteiger partial charge in [0.25, 0.3) is 0 Å². The molecule has 0 bridgehead atoms. The molecule has 5 heteroatoms. The SMILES string of the molecule is CC(COc1ccccc1CO)(NC1CC1)C(N)=O. The number of amides is 1. The summed E-state index contributed by atoms with van der Waals surface area (Å²) < 4.78 is 5.66. The summed E-state index contributed by atoms with van der Waals surface area (Å²) >= 11 is 0. The third kappa shape index (κ3) is 3.45. The number of hydrogen-bond acceptors (Lipinski definition) is 4. The summed E-state index contributed by atoms with van der Waals surface area (Å²) in [4.78, 5) is 11.6. The molecule has 1 amide bonds. The van der Waals surface area contributed by atoms with E-state index in [2.05, 4.69) is 5.32 Å². The molecule has 1 aromatic carbocycles. The summed E-state index contributed by atoms with van der Waals surface area (Å²) in [6, 6.07) is 7.56. The van der Waals surface area contributed by atoms with Crippen molar-refractivity contribution in [1.29, 1.82) is 0 Å². The number of nitrogens with one attached hydrogen (secondary N) is 1. The quantitative estimate of drug-likeness (QED) is 0.671. The van der Waals surface area contributed by atoms with Crippen LogP contribution in [0.3, 0.4) is 0 Å². The van der Waals surface area contributed by atoms with E-state index in [1.807, 2.05) is 12.1 Å². The van der Waals surface area contributed by atoms with Crippen molar-refractivity contribution in [3.05, 3.63) is 29.8 Å². The van der Waals surface area contributed by atoms with Gasteiger partial charge in [0.05, 0.1) is 6.61 Å². The van der Waals surface area contributed by atoms with Crippen molar-refractivity contribution in [2.45, 2.75) is 38.0 Å². The monoisotopic (exact) mass is 264 g/mol. The number of nitrogens with two attached hydrogens (primary N) is 1. The maximum atomic E-state index is 11.6. The predicted octanol–water partition coefficient (Wildman–Crippen LogP) is 0.554. The summed E-state index contributed by atoms with van der Waals surface area (Å²) in [6.45, 7) is 1.80. The fraction of sp³-hybridized carbons (Fsp3) is 0.500. The Morgan fingerprint density at radius 2 is 2.21 bits per heavy atom. The van der Waals surface area contributed by atoms with Crippen LogP contribution in [0, 0.1) is 0 Å². The lowest BCUT2D eigenvalue weighted by Gasteiger charge is -2.28. The largest absolute Gasteiger partial charge is 0.491 e. The van der Waals surface area contributed by atoms with E-state index in [0.717, 1.165) is 12.8 Å². The Balaban J connectivity index is 2.03. The van der Waals surface area contributed by atoms with Crippen LogP contribution in [-0.2, 0) is 11.4 Å². The van der Waals surface area contributed by atoms with Crippen LogP contribution in [0.2, 0.25) is 0 Å². The lowest BCUT2D eigenvalue weighted by molar-refractivity contribution is -0.125. The second-order valence-electron chi connectivity index (χ2n) is 5.17. The molecular weight excluding hydrogens is 244 g/mol. The molecule has 1 saturated carbocycles. The zero-order valence-electron chi connectivity index (χ0n) is 11.1. The second kappa shape index (κ2) is 5.59. The third-order valence-electron chi connectivity index (χ3n) is 3.30. The number of aliphatic hydroxyl groups excluding tert-OH is 1. The molecule has 1 aliphatic carbocycles. The van der Waals surface area contributed by atoms with Crippen LogP contribution >= 0.6 is 0 Å². The molecule has 0 radical (unpaired) electrons. The van der Waals surface area contributed by atoms with Gasteiger partial charge in [-0.3, -0.25) is 10.1 Å². The summed E-state index contributed by atoms with van der Waals surface area (Å²) in [5.41, 5.74) is 5.26. The first-order chi connectivity index (χ1) is 9.05. The normalized spacial score (nSPS) is 17.8. The molecular formula is C14H20N2O3. The maximum absolute atomic E-state index is 11.6. The molecule has 0 aliphatic heterocycles. The van der Waals surface area contributed by atoms with Gasteiger partial charge in [0.2, 0.25) is 5.91 Å². The summed E-state index contributed by atoms with van der Waals surface area (Å²) in [6.07, 6.45) is 2.13. The molecule has 0 heterocycles. The highest BCUT2D eigenvalue weighted by Crippen LogP contribution is 2.24. The van der Waals surface area contributed by atoms with E-state index in [1.54, 1.807) is 19.1 Å². The molecule has 1 aromatic rings. The Labute approximate surface area is 112 Å². The number of carbonyl (C=O) groups excluding carboxylic acids is 1. The van der Waals surface area contributed by atoms with E-state index in [-0.39, 0.29) is 13.2 Å². The maximum Gasteiger partial charge on any atom is 0.240 e. The standard InChI is InChI=1S/C14H20N2O3/c1-14(13(15)18,16-11-6-7-11)9-19-12-5-3-2-4-10(12)8-17/h2-5,11,16-17H,6-9H2,1H3,(H2,15,18). The number of primary amides is 1. The minimum absolute atomic E-state index is 0.0977. The molecule has 2 rings (SSSR count). The van der Waals surface area contributed by atoms with E-state index in [4.69, 9.17) is 10.5 Å². The van der Waals surface area contributed by atoms with Gasteiger partial charge in [-0.05, 0) is 25.8 Å². The highest BCUT2D eigenvalue weighted by Gasteiger charge is 2.37. The van der Waals surface area contributed by atoms with E-state index in [0.29, 0.717) is 17.4 Å². The Morgan fingerprint density at radius 3 is 2.79 bits per heavy atom. The van der Waals surface area contributed by atoms with E-state index in [1.165, 1.54) is 0 Å². The van der Waals surface area contributed by atoms with Crippen LogP contribution in [0.15, 0.2) is 24.3 Å². The lowest BCUT2D eigenvalue weighted by Crippen LogP contribution is -2.57. The average molecular weight is 264 g/mol. The van der Waals surface area contributed by atoms with Crippen molar-refractivity contribution in [2.24, 2.45) is 5.73 Å². The first-order valence-corrected chi connectivity index (χ1v) is 6.44. The molecule has 4 N–H and O–H groups in total. The lowest BCUT2D eigenvalue weighted by atomic mass is 10.0. The van der Waals surface area contributed by atoms with E-state index < -0.39 is 11.4 Å². The van der Waals surface area contributed by atoms with Gasteiger partial charge in [0.15, 0.2) is 0 Å². The fourth-order valence-corrected chi connectivity index (χ4v) is 1.86. The Hall–Kier alpha value is -1.59. The van der Waals surface area contributed by atoms with E-state index >= 15 is 0 Å². The minimum Gasteiger partial charge on any atom is -0.491 e. The van der Waals surface area contributed by atoms with Crippen molar-refractivity contribution >= 4 is 5.91 Å². The number of aliphatic hydroxyl groups is 1. The molecule has 0 saturated heterocycles. The third-order valence-corrected chi connectivity index (χ3v) is 3.30. The topological polar surface area (TPSA) is 84.6 Å². The fourth-order valence-electron chi connectivity index (χ4n) is 1.86. The zero-order chi connectivity index (χ0) is 13.9. The highest BCUT2D eigenvalue weighted by molar-refractivity contribution is 5.84.